The lowest BCUT2D eigenvalue weighted by Gasteiger charge is -2.12. The number of carboxylic acids is 1. The third-order valence-electron chi connectivity index (χ3n) is 4.56. The Hall–Kier alpha value is -3.86. The molecule has 2 aromatic rings. The Balaban J connectivity index is 1.63. The van der Waals surface area contributed by atoms with E-state index in [1.54, 1.807) is 18.2 Å². The van der Waals surface area contributed by atoms with Crippen LogP contribution in [-0.2, 0) is 19.1 Å². The Labute approximate surface area is 186 Å². The number of ether oxygens (including phenoxy) is 1. The molecule has 3 N–H and O–H groups in total. The van der Waals surface area contributed by atoms with E-state index in [4.69, 9.17) is 9.84 Å². The molecular formula is C21H18N2O8S. The van der Waals surface area contributed by atoms with Crippen molar-refractivity contribution in [2.75, 3.05) is 19.0 Å². The fourth-order valence-corrected chi connectivity index (χ4v) is 4.12. The number of rotatable bonds is 7. The second kappa shape index (κ2) is 9.52. The number of esters is 1. The molecule has 0 spiro atoms. The standard InChI is InChI=1S/C21H18N2O8S/c1-23-18(26)9-16(19(23)27)32-15-5-3-2-4-12(15)21(30)31-10-17(25)22-11-6-7-14(24)13(8-11)20(28)29/h2-8,16,24H,9-10H2,1H3,(H,22,25)(H,28,29). The van der Waals surface area contributed by atoms with Gasteiger partial charge < -0.3 is 20.3 Å². The molecule has 32 heavy (non-hydrogen) atoms. The van der Waals surface area contributed by atoms with Gasteiger partial charge in [0.25, 0.3) is 5.91 Å². The van der Waals surface area contributed by atoms with Gasteiger partial charge in [-0.3, -0.25) is 19.3 Å². The quantitative estimate of drug-likeness (QED) is 0.320. The second-order valence-corrected chi connectivity index (χ2v) is 8.00. The Bertz CT molecular complexity index is 1120. The number of carbonyl (C=O) groups excluding carboxylic acids is 4. The minimum atomic E-state index is -1.37. The number of nitrogens with one attached hydrogen (secondary N) is 1. The molecule has 2 aromatic carbocycles. The van der Waals surface area contributed by atoms with Crippen molar-refractivity contribution in [3.8, 4) is 5.75 Å². The van der Waals surface area contributed by atoms with E-state index >= 15 is 0 Å². The number of phenols is 1. The van der Waals surface area contributed by atoms with Crippen molar-refractivity contribution in [1.82, 2.24) is 4.90 Å². The van der Waals surface area contributed by atoms with Crippen LogP contribution in [0.2, 0.25) is 0 Å². The number of aromatic hydroxyl groups is 1. The summed E-state index contributed by atoms with van der Waals surface area (Å²) >= 11 is 1.07. The summed E-state index contributed by atoms with van der Waals surface area (Å²) < 4.78 is 5.05. The topological polar surface area (TPSA) is 150 Å². The van der Waals surface area contributed by atoms with Crippen LogP contribution in [0.3, 0.4) is 0 Å². The van der Waals surface area contributed by atoms with Crippen molar-refractivity contribution in [3.63, 3.8) is 0 Å². The van der Waals surface area contributed by atoms with Crippen LogP contribution in [-0.4, -0.2) is 63.7 Å². The van der Waals surface area contributed by atoms with E-state index in [9.17, 15) is 29.1 Å². The first-order valence-corrected chi connectivity index (χ1v) is 10.1. The van der Waals surface area contributed by atoms with Crippen LogP contribution >= 0.6 is 11.8 Å². The maximum absolute atomic E-state index is 12.5. The van der Waals surface area contributed by atoms with Crippen LogP contribution in [0.15, 0.2) is 47.4 Å². The van der Waals surface area contributed by atoms with Gasteiger partial charge >= 0.3 is 11.9 Å². The monoisotopic (exact) mass is 458 g/mol. The van der Waals surface area contributed by atoms with Crippen LogP contribution in [0.4, 0.5) is 5.69 Å². The minimum Gasteiger partial charge on any atom is -0.507 e. The number of carboxylic acid groups (broad SMARTS) is 1. The van der Waals surface area contributed by atoms with Gasteiger partial charge in [0.15, 0.2) is 6.61 Å². The number of hydrogen-bond acceptors (Lipinski definition) is 8. The fourth-order valence-electron chi connectivity index (χ4n) is 2.90. The number of carbonyl (C=O) groups is 5. The molecule has 3 rings (SSSR count). The van der Waals surface area contributed by atoms with Crippen molar-refractivity contribution in [2.24, 2.45) is 0 Å². The van der Waals surface area contributed by atoms with E-state index in [1.165, 1.54) is 19.2 Å². The average molecular weight is 458 g/mol. The average Bonchev–Trinajstić information content (AvgIpc) is 3.00. The van der Waals surface area contributed by atoms with E-state index in [0.29, 0.717) is 4.90 Å². The molecule has 0 aliphatic carbocycles. The Morgan fingerprint density at radius 2 is 1.88 bits per heavy atom. The van der Waals surface area contributed by atoms with E-state index in [0.717, 1.165) is 28.8 Å². The van der Waals surface area contributed by atoms with Crippen molar-refractivity contribution >= 4 is 47.1 Å². The molecule has 1 fully saturated rings. The van der Waals surface area contributed by atoms with Crippen LogP contribution in [0.25, 0.3) is 0 Å². The second-order valence-electron chi connectivity index (χ2n) is 6.76. The van der Waals surface area contributed by atoms with Crippen molar-refractivity contribution in [2.45, 2.75) is 16.6 Å². The zero-order valence-corrected chi connectivity index (χ0v) is 17.5. The molecule has 1 aliphatic rings. The largest absolute Gasteiger partial charge is 0.507 e. The van der Waals surface area contributed by atoms with Gasteiger partial charge in [-0.25, -0.2) is 9.59 Å². The van der Waals surface area contributed by atoms with E-state index in [-0.39, 0.29) is 29.5 Å². The highest BCUT2D eigenvalue weighted by molar-refractivity contribution is 8.00. The number of nitrogens with zero attached hydrogens (tertiary/aromatic N) is 1. The predicted octanol–water partition coefficient (Wildman–Crippen LogP) is 1.74. The summed E-state index contributed by atoms with van der Waals surface area (Å²) in [4.78, 5) is 61.0. The lowest BCUT2D eigenvalue weighted by atomic mass is 10.2. The van der Waals surface area contributed by atoms with Crippen molar-refractivity contribution in [1.29, 1.82) is 0 Å². The molecule has 1 heterocycles. The maximum Gasteiger partial charge on any atom is 0.339 e. The molecule has 0 bridgehead atoms. The van der Waals surface area contributed by atoms with Crippen LogP contribution in [0.5, 0.6) is 5.75 Å². The van der Waals surface area contributed by atoms with Gasteiger partial charge in [0.05, 0.1) is 10.8 Å². The fraction of sp³-hybridized carbons (Fsp3) is 0.190. The van der Waals surface area contributed by atoms with Gasteiger partial charge in [0.1, 0.15) is 11.3 Å². The number of anilines is 1. The van der Waals surface area contributed by atoms with E-state index in [1.807, 2.05) is 0 Å². The van der Waals surface area contributed by atoms with Crippen molar-refractivity contribution < 1.29 is 38.9 Å². The van der Waals surface area contributed by atoms with Gasteiger partial charge in [-0.05, 0) is 30.3 Å². The molecular weight excluding hydrogens is 440 g/mol. The normalized spacial score (nSPS) is 15.5. The SMILES string of the molecule is CN1C(=O)CC(Sc2ccccc2C(=O)OCC(=O)Nc2ccc(O)c(C(=O)O)c2)C1=O. The van der Waals surface area contributed by atoms with Crippen LogP contribution < -0.4 is 5.32 Å². The first-order valence-electron chi connectivity index (χ1n) is 9.26. The molecule has 1 unspecified atom stereocenters. The summed E-state index contributed by atoms with van der Waals surface area (Å²) in [5, 5.41) is 20.2. The third kappa shape index (κ3) is 5.06. The Kier molecular flexibility index (Phi) is 6.79. The Morgan fingerprint density at radius 3 is 2.53 bits per heavy atom. The summed E-state index contributed by atoms with van der Waals surface area (Å²) in [5.41, 5.74) is -0.153. The molecule has 166 valence electrons. The number of likely N-dealkylation sites (tertiary alicyclic amines) is 1. The number of benzene rings is 2. The highest BCUT2D eigenvalue weighted by atomic mass is 32.2. The molecule has 0 radical (unpaired) electrons. The maximum atomic E-state index is 12.5. The third-order valence-corrected chi connectivity index (χ3v) is 5.82. The number of imide groups is 1. The molecule has 1 atom stereocenters. The highest BCUT2D eigenvalue weighted by Gasteiger charge is 2.37. The van der Waals surface area contributed by atoms with Crippen LogP contribution in [0.1, 0.15) is 27.1 Å². The first kappa shape index (κ1) is 22.8. The Morgan fingerprint density at radius 1 is 1.16 bits per heavy atom. The zero-order chi connectivity index (χ0) is 23.4. The van der Waals surface area contributed by atoms with E-state index < -0.39 is 41.0 Å². The lowest BCUT2D eigenvalue weighted by molar-refractivity contribution is -0.136. The van der Waals surface area contributed by atoms with E-state index in [2.05, 4.69) is 5.32 Å². The van der Waals surface area contributed by atoms with Gasteiger partial charge in [0, 0.05) is 24.1 Å². The van der Waals surface area contributed by atoms with Gasteiger partial charge in [-0.1, -0.05) is 12.1 Å². The summed E-state index contributed by atoms with van der Waals surface area (Å²) in [6.07, 6.45) is 0.0246. The molecule has 11 heteroatoms. The predicted molar refractivity (Wildman–Crippen MR) is 112 cm³/mol. The first-order chi connectivity index (χ1) is 15.2. The smallest absolute Gasteiger partial charge is 0.339 e. The molecule has 0 aromatic heterocycles. The summed E-state index contributed by atoms with van der Waals surface area (Å²) in [5.74, 6) is -3.99. The lowest BCUT2D eigenvalue weighted by Crippen LogP contribution is -2.26. The number of aromatic carboxylic acids is 1. The van der Waals surface area contributed by atoms with Gasteiger partial charge in [0.2, 0.25) is 11.8 Å². The molecule has 3 amide bonds. The van der Waals surface area contributed by atoms with Crippen LogP contribution in [0, 0.1) is 0 Å². The molecule has 0 saturated carbocycles. The van der Waals surface area contributed by atoms with Crippen molar-refractivity contribution in [3.05, 3.63) is 53.6 Å². The van der Waals surface area contributed by atoms with Gasteiger partial charge in [-0.2, -0.15) is 0 Å². The molecule has 10 nitrogen and oxygen atoms in total. The molecule has 1 aliphatic heterocycles. The number of thioether (sulfide) groups is 1. The summed E-state index contributed by atoms with van der Waals surface area (Å²) in [6, 6.07) is 9.84. The summed E-state index contributed by atoms with van der Waals surface area (Å²) in [7, 11) is 1.40. The highest BCUT2D eigenvalue weighted by Crippen LogP contribution is 2.33. The molecule has 1 saturated heterocycles. The number of hydrogen-bond donors (Lipinski definition) is 3. The summed E-state index contributed by atoms with van der Waals surface area (Å²) in [6.45, 7) is -0.648. The zero-order valence-electron chi connectivity index (χ0n) is 16.7. The number of amides is 3. The minimum absolute atomic E-state index is 0.0246. The van der Waals surface area contributed by atoms with Gasteiger partial charge in [-0.15, -0.1) is 11.8 Å².